The predicted molar refractivity (Wildman–Crippen MR) is 78.0 cm³/mol. The Bertz CT molecular complexity index is 563. The molecule has 0 unspecified atom stereocenters. The van der Waals surface area contributed by atoms with Crippen molar-refractivity contribution in [1.82, 2.24) is 0 Å². The van der Waals surface area contributed by atoms with E-state index in [1.165, 1.54) is 6.07 Å². The highest BCUT2D eigenvalue weighted by Gasteiger charge is 2.45. The first kappa shape index (κ1) is 15.4. The molecule has 0 bridgehead atoms. The number of aliphatic imine (C=N–C) groups is 1. The first-order valence-corrected chi connectivity index (χ1v) is 6.97. The van der Waals surface area contributed by atoms with Gasteiger partial charge < -0.3 is 15.2 Å². The van der Waals surface area contributed by atoms with E-state index in [2.05, 4.69) is 4.99 Å². The Morgan fingerprint density at radius 1 is 1.29 bits per heavy atom. The van der Waals surface area contributed by atoms with Crippen molar-refractivity contribution in [2.45, 2.75) is 32.6 Å². The van der Waals surface area contributed by atoms with Crippen LogP contribution in [0.3, 0.4) is 0 Å². The van der Waals surface area contributed by atoms with Crippen molar-refractivity contribution in [2.24, 2.45) is 10.7 Å². The van der Waals surface area contributed by atoms with Crippen molar-refractivity contribution < 1.29 is 14.4 Å². The van der Waals surface area contributed by atoms with E-state index in [0.717, 1.165) is 12.8 Å². The first-order valence-electron chi connectivity index (χ1n) is 6.97. The largest absolute Gasteiger partial charge is 0.383 e. The van der Waals surface area contributed by atoms with Crippen molar-refractivity contribution in [3.05, 3.63) is 39.4 Å². The molecule has 1 aromatic rings. The van der Waals surface area contributed by atoms with Gasteiger partial charge in [0.2, 0.25) is 0 Å². The fourth-order valence-electron chi connectivity index (χ4n) is 2.24. The molecule has 7 heteroatoms. The van der Waals surface area contributed by atoms with Crippen molar-refractivity contribution in [2.75, 3.05) is 13.2 Å². The van der Waals surface area contributed by atoms with Crippen LogP contribution in [0.15, 0.2) is 23.2 Å². The Balaban J connectivity index is 2.52. The monoisotopic (exact) mass is 293 g/mol. The number of nitro benzene ring substituents is 1. The number of benzene rings is 1. The van der Waals surface area contributed by atoms with Crippen molar-refractivity contribution in [1.29, 1.82) is 0 Å². The van der Waals surface area contributed by atoms with Gasteiger partial charge in [0, 0.05) is 6.07 Å². The van der Waals surface area contributed by atoms with Crippen LogP contribution in [0.4, 0.5) is 5.69 Å². The second-order valence-corrected chi connectivity index (χ2v) is 4.73. The number of hydrogen-bond donors (Lipinski definition) is 1. The number of nitrogens with zero attached hydrogens (tertiary/aromatic N) is 2. The lowest BCUT2D eigenvalue weighted by atomic mass is 10.0. The maximum Gasteiger partial charge on any atom is 0.300 e. The molecule has 1 aromatic carbocycles. The molecular weight excluding hydrogens is 274 g/mol. The lowest BCUT2D eigenvalue weighted by Crippen LogP contribution is -2.30. The number of hydrogen-bond acceptors (Lipinski definition) is 6. The number of ether oxygens (including phenoxy) is 2. The number of amidine groups is 1. The van der Waals surface area contributed by atoms with E-state index in [0.29, 0.717) is 18.8 Å². The average molecular weight is 293 g/mol. The van der Waals surface area contributed by atoms with Gasteiger partial charge in [0.05, 0.1) is 23.7 Å². The van der Waals surface area contributed by atoms with Gasteiger partial charge in [0.25, 0.3) is 5.69 Å². The second-order valence-electron chi connectivity index (χ2n) is 4.73. The zero-order valence-corrected chi connectivity index (χ0v) is 12.2. The zero-order chi connectivity index (χ0) is 15.5. The van der Waals surface area contributed by atoms with Gasteiger partial charge >= 0.3 is 5.91 Å². The van der Waals surface area contributed by atoms with Gasteiger partial charge in [-0.1, -0.05) is 26.0 Å². The van der Waals surface area contributed by atoms with Crippen molar-refractivity contribution in [3.8, 4) is 0 Å². The molecule has 0 saturated heterocycles. The Hall–Kier alpha value is -1.99. The van der Waals surface area contributed by atoms with Crippen LogP contribution in [-0.4, -0.2) is 24.0 Å². The molecule has 0 aromatic heterocycles. The molecular formula is C14H19N3O4. The lowest BCUT2D eigenvalue weighted by Gasteiger charge is -2.27. The summed E-state index contributed by atoms with van der Waals surface area (Å²) in [5, 5.41) is 11.2. The Labute approximate surface area is 122 Å². The number of nitrogens with two attached hydrogens (primary N) is 1. The minimum absolute atomic E-state index is 0.0736. The van der Waals surface area contributed by atoms with E-state index in [1.807, 2.05) is 13.8 Å². The summed E-state index contributed by atoms with van der Waals surface area (Å²) in [5.74, 6) is -1.29. The summed E-state index contributed by atoms with van der Waals surface area (Å²) in [6.07, 6.45) is 1.55. The Kier molecular flexibility index (Phi) is 4.54. The topological polar surface area (TPSA) is 100.0 Å². The summed E-state index contributed by atoms with van der Waals surface area (Å²) < 4.78 is 11.5. The fourth-order valence-corrected chi connectivity index (χ4v) is 2.24. The molecule has 0 fully saturated rings. The van der Waals surface area contributed by atoms with Crippen LogP contribution < -0.4 is 5.73 Å². The summed E-state index contributed by atoms with van der Waals surface area (Å²) in [4.78, 5) is 14.9. The molecule has 1 aliphatic rings. The van der Waals surface area contributed by atoms with Gasteiger partial charge in [0.15, 0.2) is 0 Å². The molecule has 0 atom stereocenters. The van der Waals surface area contributed by atoms with Gasteiger partial charge in [-0.25, -0.2) is 4.99 Å². The molecule has 0 saturated carbocycles. The number of fused-ring (bicyclic) bond motifs is 1. The van der Waals surface area contributed by atoms with Crippen molar-refractivity contribution in [3.63, 3.8) is 0 Å². The van der Waals surface area contributed by atoms with Crippen LogP contribution in [-0.2, 0) is 15.4 Å². The fraction of sp³-hybridized carbons (Fsp3) is 0.500. The zero-order valence-electron chi connectivity index (χ0n) is 12.2. The molecule has 1 aliphatic heterocycles. The van der Waals surface area contributed by atoms with Crippen molar-refractivity contribution >= 4 is 11.5 Å². The summed E-state index contributed by atoms with van der Waals surface area (Å²) in [7, 11) is 0. The van der Waals surface area contributed by atoms with Crippen LogP contribution in [0.1, 0.15) is 37.8 Å². The van der Waals surface area contributed by atoms with Gasteiger partial charge in [-0.05, 0) is 12.8 Å². The third kappa shape index (κ3) is 2.74. The van der Waals surface area contributed by atoms with Crippen LogP contribution >= 0.6 is 0 Å². The Morgan fingerprint density at radius 2 is 1.90 bits per heavy atom. The number of nitro groups is 1. The normalized spacial score (nSPS) is 15.6. The predicted octanol–water partition coefficient (Wildman–Crippen LogP) is 2.28. The highest BCUT2D eigenvalue weighted by Crippen LogP contribution is 2.40. The summed E-state index contributed by atoms with van der Waals surface area (Å²) >= 11 is 0. The first-order chi connectivity index (χ1) is 10.1. The molecule has 114 valence electrons. The highest BCUT2D eigenvalue weighted by molar-refractivity contribution is 6.05. The van der Waals surface area contributed by atoms with Crippen LogP contribution in [0.5, 0.6) is 0 Å². The molecule has 0 amide bonds. The van der Waals surface area contributed by atoms with E-state index in [9.17, 15) is 10.1 Å². The van der Waals surface area contributed by atoms with E-state index in [-0.39, 0.29) is 17.1 Å². The minimum atomic E-state index is -1.36. The van der Waals surface area contributed by atoms with Crippen LogP contribution in [0.25, 0.3) is 0 Å². The smallest absolute Gasteiger partial charge is 0.300 e. The molecule has 2 N–H and O–H groups in total. The molecule has 21 heavy (non-hydrogen) atoms. The van der Waals surface area contributed by atoms with E-state index >= 15 is 0 Å². The maximum absolute atomic E-state index is 11.2. The van der Waals surface area contributed by atoms with E-state index < -0.39 is 10.8 Å². The SMILES string of the molecule is CCCOC1(OCCC)N=C(N)c2c([N+](=O)[O-])cccc21. The molecule has 7 nitrogen and oxygen atoms in total. The summed E-state index contributed by atoms with van der Waals surface area (Å²) in [5.41, 5.74) is 6.59. The van der Waals surface area contributed by atoms with E-state index in [1.54, 1.807) is 12.1 Å². The standard InChI is InChI=1S/C14H19N3O4/c1-3-8-20-14(21-9-4-2)10-6-5-7-11(17(18)19)12(10)13(15)16-14/h5-7H,3-4,8-9H2,1-2H3,(H2,15,16). The third-order valence-electron chi connectivity index (χ3n) is 3.11. The molecule has 1 heterocycles. The summed E-state index contributed by atoms with van der Waals surface area (Å²) in [6.45, 7) is 4.76. The highest BCUT2D eigenvalue weighted by atomic mass is 16.7. The van der Waals surface area contributed by atoms with Crippen LogP contribution in [0.2, 0.25) is 0 Å². The molecule has 0 radical (unpaired) electrons. The van der Waals surface area contributed by atoms with E-state index in [4.69, 9.17) is 15.2 Å². The Morgan fingerprint density at radius 3 is 2.43 bits per heavy atom. The second kappa shape index (κ2) is 6.19. The van der Waals surface area contributed by atoms with Gasteiger partial charge in [-0.2, -0.15) is 0 Å². The maximum atomic E-state index is 11.2. The third-order valence-corrected chi connectivity index (χ3v) is 3.11. The van der Waals surface area contributed by atoms with Crippen LogP contribution in [0, 0.1) is 10.1 Å². The molecule has 2 rings (SSSR count). The lowest BCUT2D eigenvalue weighted by molar-refractivity contribution is -0.385. The summed E-state index contributed by atoms with van der Waals surface area (Å²) in [6, 6.07) is 4.69. The van der Waals surface area contributed by atoms with Gasteiger partial charge in [-0.15, -0.1) is 0 Å². The van der Waals surface area contributed by atoms with Gasteiger partial charge in [0.1, 0.15) is 11.4 Å². The number of rotatable bonds is 7. The minimum Gasteiger partial charge on any atom is -0.383 e. The molecule has 0 spiro atoms. The quantitative estimate of drug-likeness (QED) is 0.472. The van der Waals surface area contributed by atoms with Gasteiger partial charge in [-0.3, -0.25) is 10.1 Å². The average Bonchev–Trinajstić information content (AvgIpc) is 2.76. The molecule has 0 aliphatic carbocycles.